The maximum Gasteiger partial charge on any atom is 0.191 e. The standard InChI is InChI=1S/C15H11Cl2N3OS2/c1-20-14(9-2-4-10(16)5-3-9)18-19-15(20)22-8-11(21)12-6-7-13(17)23-12/h2-7H,8H2,1H3. The quantitative estimate of drug-likeness (QED) is 0.467. The van der Waals surface area contributed by atoms with Gasteiger partial charge >= 0.3 is 0 Å². The zero-order chi connectivity index (χ0) is 16.4. The van der Waals surface area contributed by atoms with Gasteiger partial charge in [-0.2, -0.15) is 0 Å². The van der Waals surface area contributed by atoms with Gasteiger partial charge in [-0.25, -0.2) is 0 Å². The van der Waals surface area contributed by atoms with Crippen LogP contribution in [0.3, 0.4) is 0 Å². The summed E-state index contributed by atoms with van der Waals surface area (Å²) in [6.07, 6.45) is 0. The van der Waals surface area contributed by atoms with Crippen molar-refractivity contribution in [2.75, 3.05) is 5.75 Å². The van der Waals surface area contributed by atoms with E-state index in [-0.39, 0.29) is 5.78 Å². The Bertz CT molecular complexity index is 843. The van der Waals surface area contributed by atoms with E-state index in [1.807, 2.05) is 35.9 Å². The normalized spacial score (nSPS) is 10.9. The number of halogens is 2. The van der Waals surface area contributed by atoms with Gasteiger partial charge in [0.1, 0.15) is 0 Å². The molecule has 0 fully saturated rings. The molecule has 0 saturated carbocycles. The summed E-state index contributed by atoms with van der Waals surface area (Å²) in [5, 5.41) is 9.70. The van der Waals surface area contributed by atoms with Crippen LogP contribution in [0.5, 0.6) is 0 Å². The van der Waals surface area contributed by atoms with Crippen LogP contribution in [0.25, 0.3) is 11.4 Å². The highest BCUT2D eigenvalue weighted by atomic mass is 35.5. The fraction of sp³-hybridized carbons (Fsp3) is 0.133. The topological polar surface area (TPSA) is 47.8 Å². The highest BCUT2D eigenvalue weighted by Gasteiger charge is 2.14. The first-order valence-electron chi connectivity index (χ1n) is 6.61. The number of carbonyl (C=O) groups is 1. The van der Waals surface area contributed by atoms with E-state index >= 15 is 0 Å². The molecule has 2 aromatic heterocycles. The molecule has 0 amide bonds. The highest BCUT2D eigenvalue weighted by Crippen LogP contribution is 2.26. The lowest BCUT2D eigenvalue weighted by atomic mass is 10.2. The summed E-state index contributed by atoms with van der Waals surface area (Å²) in [5.74, 6) is 1.06. The second kappa shape index (κ2) is 7.05. The molecule has 0 bridgehead atoms. The molecule has 23 heavy (non-hydrogen) atoms. The third kappa shape index (κ3) is 3.77. The number of aromatic nitrogens is 3. The number of benzene rings is 1. The largest absolute Gasteiger partial charge is 0.305 e. The van der Waals surface area contributed by atoms with Gasteiger partial charge in [-0.3, -0.25) is 4.79 Å². The van der Waals surface area contributed by atoms with Gasteiger partial charge in [-0.15, -0.1) is 21.5 Å². The number of Topliss-reactive ketones (excluding diaryl/α,β-unsaturated/α-hetero) is 1. The molecule has 2 heterocycles. The molecule has 0 saturated heterocycles. The van der Waals surface area contributed by atoms with Crippen LogP contribution in [0.15, 0.2) is 41.6 Å². The molecular formula is C15H11Cl2N3OS2. The van der Waals surface area contributed by atoms with Crippen LogP contribution >= 0.6 is 46.3 Å². The second-order valence-corrected chi connectivity index (χ2v) is 7.78. The molecule has 4 nitrogen and oxygen atoms in total. The summed E-state index contributed by atoms with van der Waals surface area (Å²) in [6, 6.07) is 10.9. The van der Waals surface area contributed by atoms with E-state index in [2.05, 4.69) is 10.2 Å². The van der Waals surface area contributed by atoms with E-state index < -0.39 is 0 Å². The molecule has 8 heteroatoms. The Kier molecular flexibility index (Phi) is 5.06. The number of hydrogen-bond acceptors (Lipinski definition) is 5. The van der Waals surface area contributed by atoms with E-state index in [4.69, 9.17) is 23.2 Å². The van der Waals surface area contributed by atoms with Crippen molar-refractivity contribution < 1.29 is 4.79 Å². The molecule has 0 N–H and O–H groups in total. The van der Waals surface area contributed by atoms with Crippen LogP contribution in [0, 0.1) is 0 Å². The van der Waals surface area contributed by atoms with Gasteiger partial charge in [0.2, 0.25) is 0 Å². The Morgan fingerprint density at radius 3 is 2.57 bits per heavy atom. The Morgan fingerprint density at radius 2 is 1.91 bits per heavy atom. The lowest BCUT2D eigenvalue weighted by molar-refractivity contribution is 0.102. The van der Waals surface area contributed by atoms with Gasteiger partial charge in [0.15, 0.2) is 16.8 Å². The van der Waals surface area contributed by atoms with Gasteiger partial charge in [0.25, 0.3) is 0 Å². The third-order valence-corrected chi connectivity index (χ3v) is 5.66. The van der Waals surface area contributed by atoms with E-state index in [0.717, 1.165) is 11.4 Å². The Hall–Kier alpha value is -1.34. The first-order valence-corrected chi connectivity index (χ1v) is 9.17. The van der Waals surface area contributed by atoms with Crippen LogP contribution in [0.1, 0.15) is 9.67 Å². The molecule has 1 aromatic carbocycles. The van der Waals surface area contributed by atoms with Crippen molar-refractivity contribution >= 4 is 52.1 Å². The smallest absolute Gasteiger partial charge is 0.191 e. The molecule has 3 rings (SSSR count). The Balaban J connectivity index is 1.72. The molecule has 3 aromatic rings. The van der Waals surface area contributed by atoms with Gasteiger partial charge in [0.05, 0.1) is 15.0 Å². The second-order valence-electron chi connectivity index (χ2n) is 4.69. The van der Waals surface area contributed by atoms with Crippen LogP contribution in [-0.4, -0.2) is 26.3 Å². The molecular weight excluding hydrogens is 373 g/mol. The minimum absolute atomic E-state index is 0.0305. The monoisotopic (exact) mass is 383 g/mol. The highest BCUT2D eigenvalue weighted by molar-refractivity contribution is 7.99. The molecule has 0 radical (unpaired) electrons. The Labute approximate surface area is 151 Å². The molecule has 0 aliphatic rings. The maximum absolute atomic E-state index is 12.1. The van der Waals surface area contributed by atoms with E-state index in [0.29, 0.717) is 25.1 Å². The first kappa shape index (κ1) is 16.5. The summed E-state index contributed by atoms with van der Waals surface area (Å²) in [6.45, 7) is 0. The Morgan fingerprint density at radius 1 is 1.17 bits per heavy atom. The van der Waals surface area contributed by atoms with Crippen LogP contribution in [0.4, 0.5) is 0 Å². The third-order valence-electron chi connectivity index (χ3n) is 3.12. The van der Waals surface area contributed by atoms with E-state index in [9.17, 15) is 4.79 Å². The van der Waals surface area contributed by atoms with Crippen molar-refractivity contribution in [1.82, 2.24) is 14.8 Å². The minimum atomic E-state index is 0.0305. The zero-order valence-electron chi connectivity index (χ0n) is 12.0. The predicted molar refractivity (Wildman–Crippen MR) is 95.8 cm³/mol. The number of hydrogen-bond donors (Lipinski definition) is 0. The van der Waals surface area contributed by atoms with Crippen molar-refractivity contribution in [3.63, 3.8) is 0 Å². The molecule has 0 aliphatic heterocycles. The SMILES string of the molecule is Cn1c(SCC(=O)c2ccc(Cl)s2)nnc1-c1ccc(Cl)cc1. The molecule has 0 unspecified atom stereocenters. The van der Waals surface area contributed by atoms with Crippen molar-refractivity contribution in [3.05, 3.63) is 50.6 Å². The number of ketones is 1. The summed E-state index contributed by atoms with van der Waals surface area (Å²) < 4.78 is 2.48. The van der Waals surface area contributed by atoms with Crippen molar-refractivity contribution in [2.45, 2.75) is 5.16 Å². The zero-order valence-corrected chi connectivity index (χ0v) is 15.1. The molecule has 0 aliphatic carbocycles. The van der Waals surface area contributed by atoms with Gasteiger partial charge in [-0.05, 0) is 36.4 Å². The lowest BCUT2D eigenvalue weighted by Crippen LogP contribution is -2.01. The van der Waals surface area contributed by atoms with Crippen molar-refractivity contribution in [3.8, 4) is 11.4 Å². The molecule has 0 spiro atoms. The lowest BCUT2D eigenvalue weighted by Gasteiger charge is -2.03. The van der Waals surface area contributed by atoms with Crippen LogP contribution in [-0.2, 0) is 7.05 Å². The summed E-state index contributed by atoms with van der Waals surface area (Å²) in [4.78, 5) is 12.8. The number of carbonyl (C=O) groups excluding carboxylic acids is 1. The molecule has 118 valence electrons. The van der Waals surface area contributed by atoms with Gasteiger partial charge in [-0.1, -0.05) is 35.0 Å². The fourth-order valence-corrected chi connectivity index (χ4v) is 3.95. The van der Waals surface area contributed by atoms with E-state index in [1.165, 1.54) is 23.1 Å². The summed E-state index contributed by atoms with van der Waals surface area (Å²) >= 11 is 14.4. The fourth-order valence-electron chi connectivity index (χ4n) is 1.96. The van der Waals surface area contributed by atoms with E-state index in [1.54, 1.807) is 12.1 Å². The number of thioether (sulfide) groups is 1. The van der Waals surface area contributed by atoms with Crippen LogP contribution < -0.4 is 0 Å². The van der Waals surface area contributed by atoms with Gasteiger partial charge in [0, 0.05) is 17.6 Å². The number of rotatable bonds is 5. The average molecular weight is 384 g/mol. The number of thiophene rings is 1. The minimum Gasteiger partial charge on any atom is -0.305 e. The summed E-state index contributed by atoms with van der Waals surface area (Å²) in [7, 11) is 1.87. The maximum atomic E-state index is 12.1. The molecule has 0 atom stereocenters. The predicted octanol–water partition coefficient (Wildman–Crippen LogP) is 4.83. The summed E-state index contributed by atoms with van der Waals surface area (Å²) in [5.41, 5.74) is 0.924. The van der Waals surface area contributed by atoms with Crippen molar-refractivity contribution in [1.29, 1.82) is 0 Å². The van der Waals surface area contributed by atoms with Crippen LogP contribution in [0.2, 0.25) is 9.36 Å². The number of nitrogens with zero attached hydrogens (tertiary/aromatic N) is 3. The average Bonchev–Trinajstić information content (AvgIpc) is 3.12. The first-order chi connectivity index (χ1) is 11.0. The van der Waals surface area contributed by atoms with Crippen molar-refractivity contribution in [2.24, 2.45) is 7.05 Å². The van der Waals surface area contributed by atoms with Gasteiger partial charge < -0.3 is 4.57 Å².